The molecule has 6 heteroatoms. The summed E-state index contributed by atoms with van der Waals surface area (Å²) in [4.78, 5) is 38.3. The van der Waals surface area contributed by atoms with E-state index in [4.69, 9.17) is 14.2 Å². The van der Waals surface area contributed by atoms with Crippen LogP contribution in [0.2, 0.25) is 0 Å². The van der Waals surface area contributed by atoms with Gasteiger partial charge in [0.1, 0.15) is 13.2 Å². The smallest absolute Gasteiger partial charge is 0.306 e. The summed E-state index contributed by atoms with van der Waals surface area (Å²) in [6.45, 7) is 6.70. The minimum absolute atomic E-state index is 0.0651. The van der Waals surface area contributed by atoms with E-state index < -0.39 is 6.10 Å². The fourth-order valence-electron chi connectivity index (χ4n) is 10.0. The van der Waals surface area contributed by atoms with Gasteiger partial charge in [-0.15, -0.1) is 0 Å². The van der Waals surface area contributed by atoms with Crippen molar-refractivity contribution < 1.29 is 28.6 Å². The van der Waals surface area contributed by atoms with E-state index in [1.165, 1.54) is 263 Å². The number of ether oxygens (including phenoxy) is 3. The van der Waals surface area contributed by atoms with Crippen molar-refractivity contribution in [3.05, 3.63) is 24.3 Å². The molecule has 73 heavy (non-hydrogen) atoms. The van der Waals surface area contributed by atoms with Crippen molar-refractivity contribution in [2.75, 3.05) is 13.2 Å². The lowest BCUT2D eigenvalue weighted by molar-refractivity contribution is -0.167. The lowest BCUT2D eigenvalue weighted by Crippen LogP contribution is -2.30. The minimum Gasteiger partial charge on any atom is -0.462 e. The van der Waals surface area contributed by atoms with Crippen molar-refractivity contribution in [2.45, 2.75) is 374 Å². The number of allylic oxidation sites excluding steroid dienone is 4. The van der Waals surface area contributed by atoms with E-state index in [0.29, 0.717) is 19.3 Å². The van der Waals surface area contributed by atoms with E-state index in [1.807, 2.05) is 0 Å². The lowest BCUT2D eigenvalue weighted by Gasteiger charge is -2.18. The molecule has 0 bridgehead atoms. The van der Waals surface area contributed by atoms with Crippen LogP contribution in [0.25, 0.3) is 0 Å². The average molecular weight is 1030 g/mol. The van der Waals surface area contributed by atoms with Crippen LogP contribution in [0, 0.1) is 0 Å². The molecule has 0 N–H and O–H groups in total. The summed E-state index contributed by atoms with van der Waals surface area (Å²) in [5, 5.41) is 0. The van der Waals surface area contributed by atoms with E-state index in [9.17, 15) is 14.4 Å². The molecule has 0 aromatic rings. The molecule has 0 saturated heterocycles. The first kappa shape index (κ1) is 70.9. The molecule has 0 aliphatic heterocycles. The molecule has 0 heterocycles. The Morgan fingerprint density at radius 2 is 0.493 bits per heavy atom. The molecule has 0 rings (SSSR count). The highest BCUT2D eigenvalue weighted by Gasteiger charge is 2.19. The summed E-state index contributed by atoms with van der Waals surface area (Å²) < 4.78 is 17.0. The van der Waals surface area contributed by atoms with E-state index in [2.05, 4.69) is 45.1 Å². The van der Waals surface area contributed by atoms with Crippen molar-refractivity contribution in [1.29, 1.82) is 0 Å². The molecule has 6 nitrogen and oxygen atoms in total. The highest BCUT2D eigenvalue weighted by Crippen LogP contribution is 2.18. The molecule has 0 radical (unpaired) electrons. The van der Waals surface area contributed by atoms with Crippen LogP contribution < -0.4 is 0 Å². The second-order valence-electron chi connectivity index (χ2n) is 22.4. The Hall–Kier alpha value is -2.11. The average Bonchev–Trinajstić information content (AvgIpc) is 3.39. The van der Waals surface area contributed by atoms with Crippen molar-refractivity contribution in [1.82, 2.24) is 0 Å². The highest BCUT2D eigenvalue weighted by atomic mass is 16.6. The van der Waals surface area contributed by atoms with Gasteiger partial charge in [-0.25, -0.2) is 0 Å². The Balaban J connectivity index is 4.27. The SMILES string of the molecule is CCCCCCC/C=C\C/C=C\CCCCCCCCCCCCCC(=O)OCC(COC(=O)CCCCCCCCCCCCCCCC)OC(=O)CCCCCCCCCCCCCCCCCCCC. The van der Waals surface area contributed by atoms with Gasteiger partial charge >= 0.3 is 17.9 Å². The van der Waals surface area contributed by atoms with Crippen molar-refractivity contribution in [3.8, 4) is 0 Å². The highest BCUT2D eigenvalue weighted by molar-refractivity contribution is 5.71. The number of hydrogen-bond donors (Lipinski definition) is 0. The van der Waals surface area contributed by atoms with E-state index in [0.717, 1.165) is 64.2 Å². The lowest BCUT2D eigenvalue weighted by atomic mass is 10.0. The van der Waals surface area contributed by atoms with E-state index in [1.54, 1.807) is 0 Å². The Morgan fingerprint density at radius 1 is 0.274 bits per heavy atom. The fraction of sp³-hybridized carbons (Fsp3) is 0.896. The van der Waals surface area contributed by atoms with Crippen molar-refractivity contribution in [3.63, 3.8) is 0 Å². The van der Waals surface area contributed by atoms with Gasteiger partial charge in [-0.1, -0.05) is 321 Å². The second-order valence-corrected chi connectivity index (χ2v) is 22.4. The van der Waals surface area contributed by atoms with Gasteiger partial charge in [-0.05, 0) is 51.4 Å². The van der Waals surface area contributed by atoms with E-state index in [-0.39, 0.29) is 31.1 Å². The van der Waals surface area contributed by atoms with E-state index >= 15 is 0 Å². The molecular weight excluding hydrogens is 901 g/mol. The van der Waals surface area contributed by atoms with Crippen LogP contribution in [-0.2, 0) is 28.6 Å². The van der Waals surface area contributed by atoms with Crippen LogP contribution in [0.15, 0.2) is 24.3 Å². The Kier molecular flexibility index (Phi) is 60.6. The van der Waals surface area contributed by atoms with Gasteiger partial charge in [-0.3, -0.25) is 14.4 Å². The summed E-state index contributed by atoms with van der Waals surface area (Å²) in [5.41, 5.74) is 0. The van der Waals surface area contributed by atoms with Gasteiger partial charge in [0.05, 0.1) is 0 Å². The molecule has 0 fully saturated rings. The number of unbranched alkanes of at least 4 members (excludes halogenated alkanes) is 46. The first-order chi connectivity index (χ1) is 36.0. The molecule has 1 unspecified atom stereocenters. The van der Waals surface area contributed by atoms with Crippen LogP contribution >= 0.6 is 0 Å². The molecule has 0 spiro atoms. The predicted molar refractivity (Wildman–Crippen MR) is 316 cm³/mol. The second kappa shape index (κ2) is 62.4. The fourth-order valence-corrected chi connectivity index (χ4v) is 10.0. The third-order valence-electron chi connectivity index (χ3n) is 15.0. The number of rotatable bonds is 61. The first-order valence-electron chi connectivity index (χ1n) is 32.8. The third kappa shape index (κ3) is 60.6. The zero-order valence-corrected chi connectivity index (χ0v) is 49.4. The molecule has 1 atom stereocenters. The van der Waals surface area contributed by atoms with Crippen LogP contribution in [0.3, 0.4) is 0 Å². The molecule has 0 aliphatic rings. The topological polar surface area (TPSA) is 78.9 Å². The summed E-state index contributed by atoms with van der Waals surface area (Å²) in [5.74, 6) is -0.837. The van der Waals surface area contributed by atoms with Crippen molar-refractivity contribution in [2.24, 2.45) is 0 Å². The molecule has 0 aromatic heterocycles. The Bertz CT molecular complexity index is 1180. The summed E-state index contributed by atoms with van der Waals surface area (Å²) >= 11 is 0. The summed E-state index contributed by atoms with van der Waals surface area (Å²) in [6.07, 6.45) is 74.7. The molecule has 0 saturated carbocycles. The van der Waals surface area contributed by atoms with Crippen LogP contribution in [0.1, 0.15) is 367 Å². The summed E-state index contributed by atoms with van der Waals surface area (Å²) in [6, 6.07) is 0. The van der Waals surface area contributed by atoms with Crippen LogP contribution in [-0.4, -0.2) is 37.2 Å². The largest absolute Gasteiger partial charge is 0.462 e. The molecule has 0 aliphatic carbocycles. The predicted octanol–water partition coefficient (Wildman–Crippen LogP) is 22.2. The number of carbonyl (C=O) groups excluding carboxylic acids is 3. The normalized spacial score (nSPS) is 12.1. The van der Waals surface area contributed by atoms with Crippen LogP contribution in [0.5, 0.6) is 0 Å². The maximum Gasteiger partial charge on any atom is 0.306 e. The number of carbonyl (C=O) groups is 3. The van der Waals surface area contributed by atoms with Gasteiger partial charge in [0.15, 0.2) is 6.10 Å². The molecular formula is C67H126O6. The van der Waals surface area contributed by atoms with Crippen LogP contribution in [0.4, 0.5) is 0 Å². The monoisotopic (exact) mass is 1030 g/mol. The Morgan fingerprint density at radius 3 is 0.753 bits per heavy atom. The van der Waals surface area contributed by atoms with Gasteiger partial charge in [0, 0.05) is 19.3 Å². The molecule has 0 aromatic carbocycles. The van der Waals surface area contributed by atoms with Gasteiger partial charge in [0.25, 0.3) is 0 Å². The zero-order chi connectivity index (χ0) is 52.9. The maximum absolute atomic E-state index is 12.9. The quantitative estimate of drug-likeness (QED) is 0.0261. The van der Waals surface area contributed by atoms with Gasteiger partial charge in [-0.2, -0.15) is 0 Å². The zero-order valence-electron chi connectivity index (χ0n) is 49.4. The number of hydrogen-bond acceptors (Lipinski definition) is 6. The molecule has 0 amide bonds. The standard InChI is InChI=1S/C67H126O6/c1-4-7-10-13-16-19-22-25-28-30-32-33-34-35-36-38-39-42-45-48-51-54-57-60-66(69)72-63-64(62-71-65(68)59-56-53-50-47-44-41-27-24-21-18-15-12-9-6-3)73-67(70)61-58-55-52-49-46-43-40-37-31-29-26-23-20-17-14-11-8-5-2/h22,25,30,32,64H,4-21,23-24,26-29,31,33-63H2,1-3H3/b25-22-,32-30-. The Labute approximate surface area is 455 Å². The third-order valence-corrected chi connectivity index (χ3v) is 15.0. The maximum atomic E-state index is 12.9. The minimum atomic E-state index is -0.767. The van der Waals surface area contributed by atoms with Gasteiger partial charge in [0.2, 0.25) is 0 Å². The summed E-state index contributed by atoms with van der Waals surface area (Å²) in [7, 11) is 0. The van der Waals surface area contributed by atoms with Crippen molar-refractivity contribution >= 4 is 17.9 Å². The first-order valence-corrected chi connectivity index (χ1v) is 32.8. The molecule has 430 valence electrons. The number of esters is 3. The van der Waals surface area contributed by atoms with Gasteiger partial charge < -0.3 is 14.2 Å².